The Morgan fingerprint density at radius 2 is 0.603 bits per heavy atom. The molecule has 7 nitrogen and oxygen atoms in total. The molecule has 0 spiro atoms. The van der Waals surface area contributed by atoms with E-state index in [1.807, 2.05) is 90.2 Å². The summed E-state index contributed by atoms with van der Waals surface area (Å²) in [7, 11) is 0. The molecule has 0 amide bonds. The van der Waals surface area contributed by atoms with Gasteiger partial charge in [0.15, 0.2) is 34.9 Å². The Bertz CT molecular complexity index is 7460. The van der Waals surface area contributed by atoms with Gasteiger partial charge >= 0.3 is 0 Å². The van der Waals surface area contributed by atoms with Gasteiger partial charge in [0.2, 0.25) is 0 Å². The zero-order valence-corrected chi connectivity index (χ0v) is 63.4. The van der Waals surface area contributed by atoms with Crippen LogP contribution in [0.3, 0.4) is 0 Å². The molecular formula is C108H66N6OS. The molecule has 0 saturated heterocycles. The van der Waals surface area contributed by atoms with Gasteiger partial charge < -0.3 is 4.42 Å². The summed E-state index contributed by atoms with van der Waals surface area (Å²) >= 11 is 1.85. The second-order valence-corrected chi connectivity index (χ2v) is 31.4. The van der Waals surface area contributed by atoms with Crippen LogP contribution >= 0.6 is 11.3 Å². The smallest absolute Gasteiger partial charge is 0.164 e. The Morgan fingerprint density at radius 1 is 0.190 bits per heavy atom. The highest BCUT2D eigenvalue weighted by Gasteiger charge is 2.48. The van der Waals surface area contributed by atoms with Gasteiger partial charge in [-0.15, -0.1) is 11.3 Å². The lowest BCUT2D eigenvalue weighted by atomic mass is 9.67. The van der Waals surface area contributed by atoms with E-state index in [4.69, 9.17) is 34.3 Å². The standard InChI is InChI=1S/C108H66N6OS/c1-6-25-69(26-7-1)101-109-102(70-27-8-2-9-28-70)111-104(110-101)72-45-42-68(43-46-72)74-51-59-97-92(62-74)87-56-52-81(65-98(87)115-97)108(80-34-14-5-15-35-80)93-40-22-20-37-84(93)86-54-48-76(63-96(86)108)75-50-58-95-91(61-75)85-38-21-23-41-94(85)107(95,79-32-12-4-13-33-79)82-53-57-89-88-55-49-77(64-99(88)116-100(89)66-82)83-36-18-19-39-90(83)106-113-103(71-29-10-3-11-30-71)112-105(114-106)78-47-44-67-24-16-17-31-73(67)60-78/h1-66H. The molecule has 2 aliphatic rings. The fraction of sp³-hybridized carbons (Fsp3) is 0.0185. The predicted molar refractivity (Wildman–Crippen MR) is 474 cm³/mol. The van der Waals surface area contributed by atoms with Crippen molar-refractivity contribution in [2.45, 2.75) is 10.8 Å². The van der Waals surface area contributed by atoms with E-state index in [1.165, 1.54) is 86.8 Å². The monoisotopic (exact) mass is 1490 g/mol. The average Bonchev–Trinajstić information content (AvgIpc) is 1.53. The molecule has 2 unspecified atom stereocenters. The van der Waals surface area contributed by atoms with Crippen LogP contribution in [-0.2, 0) is 10.8 Å². The summed E-state index contributed by atoms with van der Waals surface area (Å²) < 4.78 is 9.43. The van der Waals surface area contributed by atoms with E-state index < -0.39 is 10.8 Å². The van der Waals surface area contributed by atoms with Crippen LogP contribution in [0.5, 0.6) is 0 Å². The van der Waals surface area contributed by atoms with E-state index in [2.05, 4.69) is 322 Å². The van der Waals surface area contributed by atoms with E-state index >= 15 is 0 Å². The second-order valence-electron chi connectivity index (χ2n) is 30.3. The number of hydrogen-bond acceptors (Lipinski definition) is 8. The lowest BCUT2D eigenvalue weighted by Crippen LogP contribution is -2.28. The molecule has 0 radical (unpaired) electrons. The largest absolute Gasteiger partial charge is 0.456 e. The van der Waals surface area contributed by atoms with Gasteiger partial charge in [-0.3, -0.25) is 0 Å². The van der Waals surface area contributed by atoms with Crippen molar-refractivity contribution in [3.05, 3.63) is 445 Å². The van der Waals surface area contributed by atoms with Crippen molar-refractivity contribution in [1.82, 2.24) is 29.9 Å². The first-order valence-electron chi connectivity index (χ1n) is 39.4. The molecule has 4 aromatic heterocycles. The number of thiophene rings is 1. The van der Waals surface area contributed by atoms with Crippen molar-refractivity contribution >= 4 is 64.2 Å². The predicted octanol–water partition coefficient (Wildman–Crippen LogP) is 27.2. The third kappa shape index (κ3) is 10.7. The zero-order chi connectivity index (χ0) is 76.4. The molecule has 0 aliphatic heterocycles. The van der Waals surface area contributed by atoms with Gasteiger partial charge in [0.05, 0.1) is 10.8 Å². The normalized spacial score (nSPS) is 14.6. The number of hydrogen-bond donors (Lipinski definition) is 0. The minimum Gasteiger partial charge on any atom is -0.456 e. The topological polar surface area (TPSA) is 90.5 Å². The first kappa shape index (κ1) is 66.8. The minimum atomic E-state index is -0.708. The highest BCUT2D eigenvalue weighted by atomic mass is 32.1. The van der Waals surface area contributed by atoms with Gasteiger partial charge in [-0.2, -0.15) is 0 Å². The Labute approximate surface area is 673 Å². The number of aromatic nitrogens is 6. The van der Waals surface area contributed by atoms with Gasteiger partial charge in [0.25, 0.3) is 0 Å². The van der Waals surface area contributed by atoms with Gasteiger partial charge in [-0.05, 0) is 159 Å². The number of rotatable bonds is 13. The number of nitrogens with zero attached hydrogens (tertiary/aromatic N) is 6. The first-order valence-corrected chi connectivity index (χ1v) is 40.2. The Morgan fingerprint density at radius 3 is 1.24 bits per heavy atom. The van der Waals surface area contributed by atoms with E-state index in [0.717, 1.165) is 99.6 Å². The third-order valence-electron chi connectivity index (χ3n) is 24.0. The summed E-state index contributed by atoms with van der Waals surface area (Å²) in [5.74, 6) is 3.77. The van der Waals surface area contributed by atoms with Crippen LogP contribution in [0.25, 0.3) is 177 Å². The van der Waals surface area contributed by atoms with E-state index in [-0.39, 0.29) is 0 Å². The average molecular weight is 1500 g/mol. The molecule has 2 aliphatic carbocycles. The fourth-order valence-electron chi connectivity index (χ4n) is 18.6. The summed E-state index contributed by atoms with van der Waals surface area (Å²) in [5, 5.41) is 6.87. The molecule has 540 valence electrons. The van der Waals surface area contributed by atoms with Gasteiger partial charge in [-0.25, -0.2) is 29.9 Å². The first-order chi connectivity index (χ1) is 57.4. The molecule has 4 heterocycles. The van der Waals surface area contributed by atoms with Crippen LogP contribution in [0.1, 0.15) is 44.5 Å². The quantitative estimate of drug-likeness (QED) is 0.114. The molecule has 23 rings (SSSR count). The number of fused-ring (bicyclic) bond motifs is 13. The molecule has 17 aromatic carbocycles. The summed E-state index contributed by atoms with van der Waals surface area (Å²) in [4.78, 5) is 30.6. The highest BCUT2D eigenvalue weighted by molar-refractivity contribution is 7.25. The lowest BCUT2D eigenvalue weighted by molar-refractivity contribution is 0.665. The molecule has 2 atom stereocenters. The van der Waals surface area contributed by atoms with Crippen molar-refractivity contribution in [2.24, 2.45) is 0 Å². The summed E-state index contributed by atoms with van der Waals surface area (Å²) in [6, 6.07) is 145. The van der Waals surface area contributed by atoms with Crippen LogP contribution in [0.2, 0.25) is 0 Å². The van der Waals surface area contributed by atoms with E-state index in [1.54, 1.807) is 0 Å². The number of furan rings is 1. The van der Waals surface area contributed by atoms with Crippen molar-refractivity contribution in [3.63, 3.8) is 0 Å². The van der Waals surface area contributed by atoms with Crippen molar-refractivity contribution in [3.8, 4) is 124 Å². The van der Waals surface area contributed by atoms with Crippen molar-refractivity contribution < 1.29 is 4.42 Å². The van der Waals surface area contributed by atoms with Gasteiger partial charge in [0.1, 0.15) is 11.2 Å². The summed E-state index contributed by atoms with van der Waals surface area (Å²) in [5.41, 5.74) is 27.2. The molecule has 21 aromatic rings. The maximum atomic E-state index is 6.99. The third-order valence-corrected chi connectivity index (χ3v) is 25.1. The Balaban J connectivity index is 0.607. The Kier molecular flexibility index (Phi) is 15.5. The van der Waals surface area contributed by atoms with Crippen LogP contribution in [-0.4, -0.2) is 29.9 Å². The van der Waals surface area contributed by atoms with Crippen LogP contribution < -0.4 is 0 Å². The summed E-state index contributed by atoms with van der Waals surface area (Å²) in [6.07, 6.45) is 0. The van der Waals surface area contributed by atoms with E-state index in [9.17, 15) is 0 Å². The molecular weight excluding hydrogens is 1430 g/mol. The maximum Gasteiger partial charge on any atom is 0.164 e. The molecule has 0 N–H and O–H groups in total. The Hall–Kier alpha value is -15.0. The minimum absolute atomic E-state index is 0.618. The van der Waals surface area contributed by atoms with Crippen molar-refractivity contribution in [1.29, 1.82) is 0 Å². The van der Waals surface area contributed by atoms with Gasteiger partial charge in [0, 0.05) is 64.3 Å². The SMILES string of the molecule is c1ccc(-c2nc(-c3ccccc3)nc(-c3ccc(-c4ccc5oc6cc(C7(c8ccccc8)c8ccccc8-c8ccc(-c9ccc%10c(c9)-c9ccccc9C%10(c9ccccc9)c9ccc%10c(c9)sc9cc(-c%11ccccc%11-c%11nc(-c%12ccccc%12)nc(-c%12ccc%13ccccc%13c%12)n%11)ccc9%10)cc87)ccc6c5c4)cc3)n2)cc1. The van der Waals surface area contributed by atoms with Crippen LogP contribution in [0.15, 0.2) is 405 Å². The van der Waals surface area contributed by atoms with Gasteiger partial charge in [-0.1, -0.05) is 352 Å². The molecule has 0 saturated carbocycles. The fourth-order valence-corrected chi connectivity index (χ4v) is 19.8. The van der Waals surface area contributed by atoms with E-state index in [0.29, 0.717) is 34.9 Å². The van der Waals surface area contributed by atoms with Crippen molar-refractivity contribution in [2.75, 3.05) is 0 Å². The van der Waals surface area contributed by atoms with Crippen LogP contribution in [0.4, 0.5) is 0 Å². The summed E-state index contributed by atoms with van der Waals surface area (Å²) in [6.45, 7) is 0. The van der Waals surface area contributed by atoms with Crippen LogP contribution in [0, 0.1) is 0 Å². The zero-order valence-electron chi connectivity index (χ0n) is 62.6. The second kappa shape index (κ2) is 26.9. The number of benzene rings is 17. The maximum absolute atomic E-state index is 6.99. The highest BCUT2D eigenvalue weighted by Crippen LogP contribution is 2.60. The molecule has 0 bridgehead atoms. The molecule has 8 heteroatoms. The molecule has 116 heavy (non-hydrogen) atoms. The molecule has 0 fully saturated rings. The lowest BCUT2D eigenvalue weighted by Gasteiger charge is -2.34.